The van der Waals surface area contributed by atoms with Gasteiger partial charge < -0.3 is 20.1 Å². The van der Waals surface area contributed by atoms with Gasteiger partial charge in [-0.3, -0.25) is 4.79 Å². The molecule has 1 aliphatic rings. The lowest BCUT2D eigenvalue weighted by molar-refractivity contribution is -0.0667. The zero-order valence-electron chi connectivity index (χ0n) is 11.9. The first-order valence-corrected chi connectivity index (χ1v) is 6.89. The molecule has 6 heteroatoms. The van der Waals surface area contributed by atoms with Gasteiger partial charge in [0.15, 0.2) is 0 Å². The lowest BCUT2D eigenvalue weighted by atomic mass is 10.1. The molecular formula is C14H21N3O3. The third-order valence-electron chi connectivity index (χ3n) is 3.35. The number of pyridine rings is 1. The highest BCUT2D eigenvalue weighted by molar-refractivity contribution is 5.99. The van der Waals surface area contributed by atoms with Crippen LogP contribution in [0.15, 0.2) is 18.3 Å². The maximum atomic E-state index is 12.7. The van der Waals surface area contributed by atoms with Crippen molar-refractivity contribution in [1.82, 2.24) is 9.88 Å². The highest BCUT2D eigenvalue weighted by Crippen LogP contribution is 2.19. The number of nitrogens with zero attached hydrogens (tertiary/aromatic N) is 2. The zero-order chi connectivity index (χ0) is 14.5. The lowest BCUT2D eigenvalue weighted by Crippen LogP contribution is -2.52. The summed E-state index contributed by atoms with van der Waals surface area (Å²) < 4.78 is 5.46. The molecular weight excluding hydrogens is 258 g/mol. The van der Waals surface area contributed by atoms with Gasteiger partial charge >= 0.3 is 0 Å². The molecule has 0 aliphatic carbocycles. The number of ether oxygens (including phenoxy) is 1. The molecule has 0 aromatic carbocycles. The van der Waals surface area contributed by atoms with E-state index in [0.717, 1.165) is 0 Å². The molecule has 110 valence electrons. The monoisotopic (exact) mass is 279 g/mol. The first kappa shape index (κ1) is 14.7. The Kier molecular flexibility index (Phi) is 4.92. The molecule has 6 nitrogen and oxygen atoms in total. The maximum absolute atomic E-state index is 12.7. The quantitative estimate of drug-likeness (QED) is 0.850. The number of nitrogens with one attached hydrogen (secondary N) is 1. The van der Waals surface area contributed by atoms with Crippen molar-refractivity contribution in [1.29, 1.82) is 0 Å². The number of hydrogen-bond acceptors (Lipinski definition) is 5. The van der Waals surface area contributed by atoms with E-state index in [9.17, 15) is 9.90 Å². The molecule has 2 N–H and O–H groups in total. The van der Waals surface area contributed by atoms with Crippen LogP contribution in [0.1, 0.15) is 24.2 Å². The average Bonchev–Trinajstić information content (AvgIpc) is 2.48. The Balaban J connectivity index is 2.21. The topological polar surface area (TPSA) is 74.7 Å². The zero-order valence-corrected chi connectivity index (χ0v) is 11.9. The number of aliphatic hydroxyl groups is 1. The first-order chi connectivity index (χ1) is 9.67. The second-order valence-electron chi connectivity index (χ2n) is 4.87. The van der Waals surface area contributed by atoms with Crippen molar-refractivity contribution in [2.45, 2.75) is 26.0 Å². The van der Waals surface area contributed by atoms with Gasteiger partial charge in [-0.1, -0.05) is 0 Å². The summed E-state index contributed by atoms with van der Waals surface area (Å²) in [6.45, 7) is 5.36. The predicted molar refractivity (Wildman–Crippen MR) is 75.7 cm³/mol. The number of aliphatic hydroxyl groups excluding tert-OH is 1. The third kappa shape index (κ3) is 3.08. The minimum Gasteiger partial charge on any atom is -0.394 e. The number of carbonyl (C=O) groups is 1. The van der Waals surface area contributed by atoms with Crippen molar-refractivity contribution in [3.05, 3.63) is 23.9 Å². The molecule has 0 bridgehead atoms. The minimum absolute atomic E-state index is 0.0139. The molecule has 0 spiro atoms. The van der Waals surface area contributed by atoms with Gasteiger partial charge in [-0.25, -0.2) is 4.98 Å². The molecule has 20 heavy (non-hydrogen) atoms. The molecule has 2 rings (SSSR count). The standard InChI is InChI=1S/C14H21N3O3/c1-3-15-13-12(5-4-6-16-13)14(19)17-7-11(8-18)20-9-10(17)2/h4-6,10-11,18H,3,7-9H2,1-2H3,(H,15,16). The summed E-state index contributed by atoms with van der Waals surface area (Å²) in [4.78, 5) is 18.6. The van der Waals surface area contributed by atoms with Crippen molar-refractivity contribution in [2.24, 2.45) is 0 Å². The highest BCUT2D eigenvalue weighted by atomic mass is 16.5. The van der Waals surface area contributed by atoms with Gasteiger partial charge in [0.2, 0.25) is 0 Å². The number of aromatic nitrogens is 1. The fourth-order valence-corrected chi connectivity index (χ4v) is 2.25. The molecule has 2 atom stereocenters. The molecule has 1 fully saturated rings. The molecule has 2 unspecified atom stereocenters. The van der Waals surface area contributed by atoms with E-state index in [0.29, 0.717) is 31.1 Å². The predicted octanol–water partition coefficient (Wildman–Crippen LogP) is 0.735. The largest absolute Gasteiger partial charge is 0.394 e. The number of carbonyl (C=O) groups excluding carboxylic acids is 1. The first-order valence-electron chi connectivity index (χ1n) is 6.89. The second kappa shape index (κ2) is 6.67. The van der Waals surface area contributed by atoms with Crippen LogP contribution in [0.25, 0.3) is 0 Å². The van der Waals surface area contributed by atoms with Crippen LogP contribution in [0, 0.1) is 0 Å². The van der Waals surface area contributed by atoms with Crippen LogP contribution in [0.5, 0.6) is 0 Å². The summed E-state index contributed by atoms with van der Waals surface area (Å²) in [6, 6.07) is 3.51. The Bertz CT molecular complexity index is 467. The number of morpholine rings is 1. The van der Waals surface area contributed by atoms with E-state index < -0.39 is 0 Å². The Morgan fingerprint density at radius 2 is 2.45 bits per heavy atom. The van der Waals surface area contributed by atoms with Crippen LogP contribution in [-0.4, -0.2) is 59.3 Å². The van der Waals surface area contributed by atoms with Crippen molar-refractivity contribution < 1.29 is 14.6 Å². The van der Waals surface area contributed by atoms with Gasteiger partial charge in [-0.05, 0) is 26.0 Å². The van der Waals surface area contributed by atoms with Gasteiger partial charge in [0.1, 0.15) is 5.82 Å². The van der Waals surface area contributed by atoms with Crippen molar-refractivity contribution in [2.75, 3.05) is 31.6 Å². The molecule has 1 aromatic rings. The summed E-state index contributed by atoms with van der Waals surface area (Å²) >= 11 is 0. The Hall–Kier alpha value is -1.66. The maximum Gasteiger partial charge on any atom is 0.258 e. The summed E-state index contributed by atoms with van der Waals surface area (Å²) in [5.41, 5.74) is 0.555. The van der Waals surface area contributed by atoms with Gasteiger partial charge in [-0.2, -0.15) is 0 Å². The van der Waals surface area contributed by atoms with Crippen LogP contribution in [0.3, 0.4) is 0 Å². The van der Waals surface area contributed by atoms with E-state index in [4.69, 9.17) is 4.74 Å². The molecule has 1 aliphatic heterocycles. The van der Waals surface area contributed by atoms with E-state index in [1.165, 1.54) is 0 Å². The SMILES string of the molecule is CCNc1ncccc1C(=O)N1CC(CO)OCC1C. The van der Waals surface area contributed by atoms with Crippen molar-refractivity contribution >= 4 is 11.7 Å². The summed E-state index contributed by atoms with van der Waals surface area (Å²) in [5, 5.41) is 12.3. The van der Waals surface area contributed by atoms with E-state index in [1.807, 2.05) is 13.8 Å². The van der Waals surface area contributed by atoms with Gasteiger partial charge in [0.25, 0.3) is 5.91 Å². The Labute approximate surface area is 118 Å². The van der Waals surface area contributed by atoms with E-state index >= 15 is 0 Å². The Morgan fingerprint density at radius 3 is 3.15 bits per heavy atom. The molecule has 2 heterocycles. The molecule has 1 amide bonds. The van der Waals surface area contributed by atoms with E-state index in [2.05, 4.69) is 10.3 Å². The number of rotatable bonds is 4. The third-order valence-corrected chi connectivity index (χ3v) is 3.35. The molecule has 0 radical (unpaired) electrons. The van der Waals surface area contributed by atoms with Crippen LogP contribution in [0.4, 0.5) is 5.82 Å². The van der Waals surface area contributed by atoms with Crippen LogP contribution < -0.4 is 5.32 Å². The van der Waals surface area contributed by atoms with Crippen LogP contribution >= 0.6 is 0 Å². The van der Waals surface area contributed by atoms with Gasteiger partial charge in [-0.15, -0.1) is 0 Å². The summed E-state index contributed by atoms with van der Waals surface area (Å²) in [6.07, 6.45) is 1.35. The van der Waals surface area contributed by atoms with Crippen LogP contribution in [0.2, 0.25) is 0 Å². The fourth-order valence-electron chi connectivity index (χ4n) is 2.25. The van der Waals surface area contributed by atoms with Crippen LogP contribution in [-0.2, 0) is 4.74 Å². The van der Waals surface area contributed by atoms with Crippen molar-refractivity contribution in [3.63, 3.8) is 0 Å². The minimum atomic E-state index is -0.311. The lowest BCUT2D eigenvalue weighted by Gasteiger charge is -2.37. The number of anilines is 1. The fraction of sp³-hybridized carbons (Fsp3) is 0.571. The summed E-state index contributed by atoms with van der Waals surface area (Å²) in [5.74, 6) is 0.516. The smallest absolute Gasteiger partial charge is 0.258 e. The Morgan fingerprint density at radius 1 is 1.65 bits per heavy atom. The summed E-state index contributed by atoms with van der Waals surface area (Å²) in [7, 11) is 0. The van der Waals surface area contributed by atoms with Crippen molar-refractivity contribution in [3.8, 4) is 0 Å². The van der Waals surface area contributed by atoms with E-state index in [1.54, 1.807) is 23.2 Å². The molecule has 0 saturated carbocycles. The number of hydrogen-bond donors (Lipinski definition) is 2. The normalized spacial score (nSPS) is 22.6. The number of amides is 1. The van der Waals surface area contributed by atoms with Gasteiger partial charge in [0, 0.05) is 19.3 Å². The van der Waals surface area contributed by atoms with E-state index in [-0.39, 0.29) is 24.7 Å². The molecule has 1 aromatic heterocycles. The average molecular weight is 279 g/mol. The second-order valence-corrected chi connectivity index (χ2v) is 4.87. The highest BCUT2D eigenvalue weighted by Gasteiger charge is 2.31. The molecule has 1 saturated heterocycles. The van der Waals surface area contributed by atoms with Gasteiger partial charge in [0.05, 0.1) is 30.9 Å².